The second-order valence-corrected chi connectivity index (χ2v) is 7.15. The molecule has 1 aromatic carbocycles. The summed E-state index contributed by atoms with van der Waals surface area (Å²) in [6, 6.07) is 7.37. The van der Waals surface area contributed by atoms with E-state index >= 15 is 0 Å². The molecule has 0 aliphatic carbocycles. The molecule has 0 bridgehead atoms. The fourth-order valence-electron chi connectivity index (χ4n) is 3.13. The highest BCUT2D eigenvalue weighted by molar-refractivity contribution is 7.91. The molecule has 0 fully saturated rings. The van der Waals surface area contributed by atoms with Gasteiger partial charge in [-0.05, 0) is 36.4 Å². The summed E-state index contributed by atoms with van der Waals surface area (Å²) in [5.41, 5.74) is 6.83. The Morgan fingerprint density at radius 2 is 1.89 bits per heavy atom. The largest absolute Gasteiger partial charge is 0.330 e. The maximum absolute atomic E-state index is 12.2. The van der Waals surface area contributed by atoms with E-state index in [1.807, 2.05) is 12.1 Å². The van der Waals surface area contributed by atoms with E-state index in [1.54, 1.807) is 12.1 Å². The van der Waals surface area contributed by atoms with E-state index in [9.17, 15) is 8.42 Å². The van der Waals surface area contributed by atoms with Gasteiger partial charge >= 0.3 is 0 Å². The third kappa shape index (κ3) is 1.88. The molecule has 100 valence electrons. The van der Waals surface area contributed by atoms with Crippen LogP contribution in [-0.2, 0) is 9.84 Å². The lowest BCUT2D eigenvalue weighted by atomic mass is 9.69. The van der Waals surface area contributed by atoms with Crippen molar-refractivity contribution in [3.8, 4) is 0 Å². The Kier molecular flexibility index (Phi) is 3.52. The summed E-state index contributed by atoms with van der Waals surface area (Å²) in [5, 5.41) is 0. The molecule has 0 saturated carbocycles. The maximum atomic E-state index is 12.2. The topological polar surface area (TPSA) is 60.2 Å². The standard InChI is InChI=1S/C14H21NO2S/c1-3-14(4-2,10-15)12-9-18(16,17)13-8-6-5-7-11(12)13/h5-8,12H,3-4,9-10,15H2,1-2H3. The number of fused-ring (bicyclic) bond motifs is 1. The van der Waals surface area contributed by atoms with E-state index in [0.717, 1.165) is 18.4 Å². The van der Waals surface area contributed by atoms with Gasteiger partial charge in [0.05, 0.1) is 10.6 Å². The van der Waals surface area contributed by atoms with Crippen LogP contribution in [0.25, 0.3) is 0 Å². The van der Waals surface area contributed by atoms with E-state index < -0.39 is 9.84 Å². The average Bonchev–Trinajstić information content (AvgIpc) is 2.66. The highest BCUT2D eigenvalue weighted by Crippen LogP contribution is 2.48. The molecular formula is C14H21NO2S. The van der Waals surface area contributed by atoms with Crippen LogP contribution in [0.5, 0.6) is 0 Å². The minimum absolute atomic E-state index is 0.0405. The molecule has 2 N–H and O–H groups in total. The fraction of sp³-hybridized carbons (Fsp3) is 0.571. The first-order valence-corrected chi connectivity index (χ1v) is 8.17. The Labute approximate surface area is 109 Å². The average molecular weight is 267 g/mol. The van der Waals surface area contributed by atoms with E-state index in [-0.39, 0.29) is 17.1 Å². The number of rotatable bonds is 4. The van der Waals surface area contributed by atoms with Crippen LogP contribution in [0, 0.1) is 5.41 Å². The van der Waals surface area contributed by atoms with E-state index in [4.69, 9.17) is 5.73 Å². The van der Waals surface area contributed by atoms with Crippen molar-refractivity contribution < 1.29 is 8.42 Å². The number of hydrogen-bond acceptors (Lipinski definition) is 3. The number of hydrogen-bond donors (Lipinski definition) is 1. The molecule has 4 heteroatoms. The van der Waals surface area contributed by atoms with Gasteiger partial charge in [-0.3, -0.25) is 0 Å². The molecule has 1 unspecified atom stereocenters. The van der Waals surface area contributed by atoms with Crippen molar-refractivity contribution in [3.05, 3.63) is 29.8 Å². The van der Waals surface area contributed by atoms with Gasteiger partial charge in [0.1, 0.15) is 0 Å². The molecule has 1 atom stereocenters. The summed E-state index contributed by atoms with van der Waals surface area (Å²) in [6.45, 7) is 4.74. The van der Waals surface area contributed by atoms with Gasteiger partial charge in [-0.15, -0.1) is 0 Å². The van der Waals surface area contributed by atoms with Crippen LogP contribution in [0.4, 0.5) is 0 Å². The van der Waals surface area contributed by atoms with Crippen molar-refractivity contribution >= 4 is 9.84 Å². The first-order chi connectivity index (χ1) is 8.50. The molecule has 0 spiro atoms. The van der Waals surface area contributed by atoms with Crippen LogP contribution < -0.4 is 5.73 Å². The molecule has 3 nitrogen and oxygen atoms in total. The molecule has 1 aliphatic rings. The lowest BCUT2D eigenvalue weighted by Gasteiger charge is -2.36. The lowest BCUT2D eigenvalue weighted by Crippen LogP contribution is -2.36. The van der Waals surface area contributed by atoms with Crippen LogP contribution >= 0.6 is 0 Å². The van der Waals surface area contributed by atoms with Gasteiger partial charge < -0.3 is 5.73 Å². The molecule has 0 aromatic heterocycles. The van der Waals surface area contributed by atoms with Crippen LogP contribution in [0.3, 0.4) is 0 Å². The highest BCUT2D eigenvalue weighted by Gasteiger charge is 2.45. The normalized spacial score (nSPS) is 21.8. The highest BCUT2D eigenvalue weighted by atomic mass is 32.2. The summed E-state index contributed by atoms with van der Waals surface area (Å²) < 4.78 is 24.4. The van der Waals surface area contributed by atoms with Gasteiger partial charge in [-0.25, -0.2) is 8.42 Å². The van der Waals surface area contributed by atoms with Crippen molar-refractivity contribution in [2.24, 2.45) is 11.1 Å². The molecule has 1 aromatic rings. The molecule has 0 radical (unpaired) electrons. The van der Waals surface area contributed by atoms with Crippen molar-refractivity contribution in [2.45, 2.75) is 37.5 Å². The molecule has 0 saturated heterocycles. The first kappa shape index (κ1) is 13.6. The first-order valence-electron chi connectivity index (χ1n) is 6.52. The number of sulfone groups is 1. The van der Waals surface area contributed by atoms with Crippen LogP contribution in [0.2, 0.25) is 0 Å². The zero-order valence-electron chi connectivity index (χ0n) is 11.0. The van der Waals surface area contributed by atoms with Crippen molar-refractivity contribution in [1.29, 1.82) is 0 Å². The molecule has 0 amide bonds. The van der Waals surface area contributed by atoms with Gasteiger partial charge in [-0.2, -0.15) is 0 Å². The van der Waals surface area contributed by atoms with Gasteiger partial charge in [0, 0.05) is 5.92 Å². The summed E-state index contributed by atoms with van der Waals surface area (Å²) in [4.78, 5) is 0.509. The van der Waals surface area contributed by atoms with Gasteiger partial charge in [0.15, 0.2) is 9.84 Å². The second kappa shape index (κ2) is 4.67. The predicted octanol–water partition coefficient (Wildman–Crippen LogP) is 2.32. The van der Waals surface area contributed by atoms with Gasteiger partial charge in [0.25, 0.3) is 0 Å². The SMILES string of the molecule is CCC(CC)(CN)C1CS(=O)(=O)c2ccccc21. The quantitative estimate of drug-likeness (QED) is 0.910. The Hall–Kier alpha value is -0.870. The Balaban J connectivity index is 2.57. The Morgan fingerprint density at radius 3 is 2.44 bits per heavy atom. The monoisotopic (exact) mass is 267 g/mol. The molecule has 2 rings (SSSR count). The van der Waals surface area contributed by atoms with Crippen LogP contribution in [0.1, 0.15) is 38.2 Å². The van der Waals surface area contributed by atoms with Crippen molar-refractivity contribution in [3.63, 3.8) is 0 Å². The van der Waals surface area contributed by atoms with Crippen molar-refractivity contribution in [1.82, 2.24) is 0 Å². The third-order valence-electron chi connectivity index (χ3n) is 4.57. The maximum Gasteiger partial charge on any atom is 0.179 e. The molecule has 1 aliphatic heterocycles. The summed E-state index contributed by atoms with van der Waals surface area (Å²) in [6.07, 6.45) is 1.82. The second-order valence-electron chi connectivity index (χ2n) is 5.15. The zero-order valence-corrected chi connectivity index (χ0v) is 11.8. The number of nitrogens with two attached hydrogens (primary N) is 1. The summed E-state index contributed by atoms with van der Waals surface area (Å²) in [5.74, 6) is 0.254. The smallest absolute Gasteiger partial charge is 0.179 e. The summed E-state index contributed by atoms with van der Waals surface area (Å²) in [7, 11) is -3.12. The molecule has 1 heterocycles. The van der Waals surface area contributed by atoms with Gasteiger partial charge in [0.2, 0.25) is 0 Å². The van der Waals surface area contributed by atoms with Crippen LogP contribution in [0.15, 0.2) is 29.2 Å². The number of benzene rings is 1. The minimum atomic E-state index is -3.12. The fourth-order valence-corrected chi connectivity index (χ4v) is 5.14. The lowest BCUT2D eigenvalue weighted by molar-refractivity contribution is 0.225. The Morgan fingerprint density at radius 1 is 1.28 bits per heavy atom. The van der Waals surface area contributed by atoms with Crippen molar-refractivity contribution in [2.75, 3.05) is 12.3 Å². The minimum Gasteiger partial charge on any atom is -0.330 e. The van der Waals surface area contributed by atoms with E-state index in [0.29, 0.717) is 11.4 Å². The zero-order chi connectivity index (χ0) is 13.4. The molecule has 18 heavy (non-hydrogen) atoms. The predicted molar refractivity (Wildman–Crippen MR) is 73.3 cm³/mol. The van der Waals surface area contributed by atoms with Gasteiger partial charge in [-0.1, -0.05) is 32.0 Å². The summed E-state index contributed by atoms with van der Waals surface area (Å²) >= 11 is 0. The Bertz CT molecular complexity index is 524. The molecular weight excluding hydrogens is 246 g/mol. The van der Waals surface area contributed by atoms with E-state index in [1.165, 1.54) is 0 Å². The van der Waals surface area contributed by atoms with E-state index in [2.05, 4.69) is 13.8 Å². The van der Waals surface area contributed by atoms with Crippen LogP contribution in [-0.4, -0.2) is 20.7 Å². The third-order valence-corrected chi connectivity index (χ3v) is 6.38.